The number of aryl methyl sites for hydroxylation is 2. The van der Waals surface area contributed by atoms with Crippen molar-refractivity contribution in [2.75, 3.05) is 6.61 Å². The van der Waals surface area contributed by atoms with Crippen LogP contribution in [-0.2, 0) is 0 Å². The van der Waals surface area contributed by atoms with Crippen LogP contribution in [0.25, 0.3) is 11.1 Å². The van der Waals surface area contributed by atoms with Gasteiger partial charge in [0.2, 0.25) is 0 Å². The van der Waals surface area contributed by atoms with Gasteiger partial charge in [0.05, 0.1) is 0 Å². The van der Waals surface area contributed by atoms with Gasteiger partial charge in [-0.05, 0) is 48.9 Å². The Balaban J connectivity index is 2.03. The molecule has 0 aromatic heterocycles. The average molecular weight is 296 g/mol. The van der Waals surface area contributed by atoms with Crippen LogP contribution in [0.3, 0.4) is 0 Å². The second-order valence-corrected chi connectivity index (χ2v) is 5.83. The van der Waals surface area contributed by atoms with E-state index in [9.17, 15) is 4.79 Å². The van der Waals surface area contributed by atoms with Gasteiger partial charge in [0, 0.05) is 18.6 Å². The van der Waals surface area contributed by atoms with Crippen LogP contribution >= 0.6 is 0 Å². The molecule has 0 aliphatic carbocycles. The molecule has 22 heavy (non-hydrogen) atoms. The zero-order chi connectivity index (χ0) is 15.9. The number of ketones is 1. The zero-order valence-electron chi connectivity index (χ0n) is 13.4. The fourth-order valence-corrected chi connectivity index (χ4v) is 2.49. The van der Waals surface area contributed by atoms with Crippen LogP contribution in [0, 0.1) is 13.8 Å². The summed E-state index contributed by atoms with van der Waals surface area (Å²) in [6, 6.07) is 14.3. The van der Waals surface area contributed by atoms with E-state index in [1.807, 2.05) is 24.3 Å². The molecule has 0 spiro atoms. The van der Waals surface area contributed by atoms with Crippen molar-refractivity contribution in [2.45, 2.75) is 39.5 Å². The summed E-state index contributed by atoms with van der Waals surface area (Å²) in [7, 11) is 0. The van der Waals surface area contributed by atoms with Gasteiger partial charge in [-0.25, -0.2) is 0 Å². The van der Waals surface area contributed by atoms with Crippen LogP contribution in [0.15, 0.2) is 42.5 Å². The van der Waals surface area contributed by atoms with Gasteiger partial charge in [-0.2, -0.15) is 0 Å². The second-order valence-electron chi connectivity index (χ2n) is 5.83. The maximum atomic E-state index is 12.1. The number of carbonyl (C=O) groups is 1. The molecule has 0 atom stereocenters. The number of rotatable bonds is 7. The van der Waals surface area contributed by atoms with Crippen molar-refractivity contribution < 1.29 is 9.90 Å². The molecule has 1 N–H and O–H groups in total. The van der Waals surface area contributed by atoms with Crippen molar-refractivity contribution in [3.63, 3.8) is 0 Å². The van der Waals surface area contributed by atoms with Crippen molar-refractivity contribution in [1.82, 2.24) is 0 Å². The van der Waals surface area contributed by atoms with Gasteiger partial charge in [-0.15, -0.1) is 0 Å². The summed E-state index contributed by atoms with van der Waals surface area (Å²) >= 11 is 0. The van der Waals surface area contributed by atoms with E-state index in [-0.39, 0.29) is 12.4 Å². The van der Waals surface area contributed by atoms with E-state index >= 15 is 0 Å². The molecule has 2 heteroatoms. The fourth-order valence-electron chi connectivity index (χ4n) is 2.49. The monoisotopic (exact) mass is 296 g/mol. The van der Waals surface area contributed by atoms with Crippen LogP contribution in [0.4, 0.5) is 0 Å². The van der Waals surface area contributed by atoms with Crippen LogP contribution in [0.2, 0.25) is 0 Å². The molecule has 116 valence electrons. The number of hydrogen-bond acceptors (Lipinski definition) is 2. The molecule has 0 saturated carbocycles. The maximum Gasteiger partial charge on any atom is 0.162 e. The van der Waals surface area contributed by atoms with Crippen molar-refractivity contribution in [2.24, 2.45) is 0 Å². The maximum absolute atomic E-state index is 12.1. The number of carbonyl (C=O) groups excluding carboxylic acids is 1. The first-order valence-electron chi connectivity index (χ1n) is 7.93. The lowest BCUT2D eigenvalue weighted by atomic mass is 9.98. The summed E-state index contributed by atoms with van der Waals surface area (Å²) in [6.45, 7) is 4.43. The minimum atomic E-state index is 0.185. The van der Waals surface area contributed by atoms with Gasteiger partial charge < -0.3 is 5.11 Å². The van der Waals surface area contributed by atoms with Crippen molar-refractivity contribution >= 4 is 5.78 Å². The summed E-state index contributed by atoms with van der Waals surface area (Å²) in [5, 5.41) is 8.74. The van der Waals surface area contributed by atoms with Gasteiger partial charge >= 0.3 is 0 Å². The molecule has 2 nitrogen and oxygen atoms in total. The third-order valence-corrected chi connectivity index (χ3v) is 4.11. The predicted molar refractivity (Wildman–Crippen MR) is 91.2 cm³/mol. The highest BCUT2D eigenvalue weighted by Crippen LogP contribution is 2.23. The molecule has 0 saturated heterocycles. The number of hydrogen-bond donors (Lipinski definition) is 1. The predicted octanol–water partition coefficient (Wildman–Crippen LogP) is 4.71. The molecule has 0 bridgehead atoms. The molecule has 0 aliphatic heterocycles. The first kappa shape index (κ1) is 16.4. The van der Waals surface area contributed by atoms with Crippen molar-refractivity contribution in [3.05, 3.63) is 59.2 Å². The Morgan fingerprint density at radius 3 is 2.18 bits per heavy atom. The first-order valence-corrected chi connectivity index (χ1v) is 7.93. The van der Waals surface area contributed by atoms with E-state index in [2.05, 4.69) is 32.0 Å². The topological polar surface area (TPSA) is 37.3 Å². The minimum Gasteiger partial charge on any atom is -0.396 e. The first-order chi connectivity index (χ1) is 10.6. The number of aliphatic hydroxyl groups excluding tert-OH is 1. The molecule has 2 aromatic rings. The van der Waals surface area contributed by atoms with Crippen molar-refractivity contribution in [3.8, 4) is 11.1 Å². The highest BCUT2D eigenvalue weighted by Gasteiger charge is 2.06. The van der Waals surface area contributed by atoms with Gasteiger partial charge in [0.25, 0.3) is 0 Å². The number of aliphatic hydroxyl groups is 1. The van der Waals surface area contributed by atoms with Gasteiger partial charge in [-0.1, -0.05) is 48.9 Å². The van der Waals surface area contributed by atoms with E-state index in [1.165, 1.54) is 16.7 Å². The molecule has 0 radical (unpaired) electrons. The third-order valence-electron chi connectivity index (χ3n) is 4.11. The van der Waals surface area contributed by atoms with Crippen molar-refractivity contribution in [1.29, 1.82) is 0 Å². The Bertz CT molecular complexity index is 627. The lowest BCUT2D eigenvalue weighted by molar-refractivity contribution is 0.0978. The zero-order valence-corrected chi connectivity index (χ0v) is 13.4. The lowest BCUT2D eigenvalue weighted by Gasteiger charge is -2.07. The van der Waals surface area contributed by atoms with E-state index in [0.29, 0.717) is 6.42 Å². The van der Waals surface area contributed by atoms with Crippen LogP contribution in [0.1, 0.15) is 47.2 Å². The van der Waals surface area contributed by atoms with Crippen LogP contribution in [0.5, 0.6) is 0 Å². The standard InChI is InChI=1S/C20H24O2/c1-15-7-8-19(14-16(15)2)17-9-11-18(12-10-17)20(22)6-4-3-5-13-21/h7-12,14,21H,3-6,13H2,1-2H3. The summed E-state index contributed by atoms with van der Waals surface area (Å²) in [4.78, 5) is 12.1. The molecular formula is C20H24O2. The Labute approximate surface area is 132 Å². The van der Waals surface area contributed by atoms with Crippen LogP contribution < -0.4 is 0 Å². The quantitative estimate of drug-likeness (QED) is 0.593. The largest absolute Gasteiger partial charge is 0.396 e. The Kier molecular flexibility index (Phi) is 5.91. The summed E-state index contributed by atoms with van der Waals surface area (Å²) in [5.74, 6) is 0.185. The molecule has 0 fully saturated rings. The Morgan fingerprint density at radius 1 is 0.864 bits per heavy atom. The second kappa shape index (κ2) is 7.90. The van der Waals surface area contributed by atoms with Gasteiger partial charge in [0.15, 0.2) is 5.78 Å². The van der Waals surface area contributed by atoms with Crippen LogP contribution in [-0.4, -0.2) is 17.5 Å². The van der Waals surface area contributed by atoms with Gasteiger partial charge in [-0.3, -0.25) is 4.79 Å². The number of benzene rings is 2. The fraction of sp³-hybridized carbons (Fsp3) is 0.350. The SMILES string of the molecule is Cc1ccc(-c2ccc(C(=O)CCCCCO)cc2)cc1C. The highest BCUT2D eigenvalue weighted by atomic mass is 16.2. The highest BCUT2D eigenvalue weighted by molar-refractivity contribution is 5.96. The van der Waals surface area contributed by atoms with Gasteiger partial charge in [0.1, 0.15) is 0 Å². The van der Waals surface area contributed by atoms with E-state index in [4.69, 9.17) is 5.11 Å². The molecule has 2 aromatic carbocycles. The molecule has 0 aliphatic rings. The molecule has 2 rings (SSSR count). The van der Waals surface area contributed by atoms with E-state index in [1.54, 1.807) is 0 Å². The molecule has 0 unspecified atom stereocenters. The molecular weight excluding hydrogens is 272 g/mol. The molecule has 0 amide bonds. The Hall–Kier alpha value is -1.93. The van der Waals surface area contributed by atoms with E-state index < -0.39 is 0 Å². The summed E-state index contributed by atoms with van der Waals surface area (Å²) < 4.78 is 0. The Morgan fingerprint density at radius 2 is 1.55 bits per heavy atom. The number of Topliss-reactive ketones (excluding diaryl/α,β-unsaturated/α-hetero) is 1. The minimum absolute atomic E-state index is 0.185. The molecule has 0 heterocycles. The average Bonchev–Trinajstić information content (AvgIpc) is 2.54. The van der Waals surface area contributed by atoms with E-state index in [0.717, 1.165) is 30.4 Å². The smallest absolute Gasteiger partial charge is 0.162 e. The summed E-state index contributed by atoms with van der Waals surface area (Å²) in [6.07, 6.45) is 3.09. The number of unbranched alkanes of at least 4 members (excludes halogenated alkanes) is 2. The normalized spacial score (nSPS) is 10.7. The lowest BCUT2D eigenvalue weighted by Crippen LogP contribution is -1.99. The summed E-state index contributed by atoms with van der Waals surface area (Å²) in [5.41, 5.74) is 5.67. The third kappa shape index (κ3) is 4.28.